The first kappa shape index (κ1) is 17.6. The average molecular weight is 350 g/mol. The van der Waals surface area contributed by atoms with E-state index >= 15 is 0 Å². The molecular weight excluding hydrogens is 332 g/mol. The molecule has 132 valence electrons. The summed E-state index contributed by atoms with van der Waals surface area (Å²) in [6.07, 6.45) is 1.94. The lowest BCUT2D eigenvalue weighted by Crippen LogP contribution is -2.18. The fourth-order valence-corrected chi connectivity index (χ4v) is 3.00. The van der Waals surface area contributed by atoms with Gasteiger partial charge in [0.2, 0.25) is 11.6 Å². The third-order valence-corrected chi connectivity index (χ3v) is 4.37. The second kappa shape index (κ2) is 7.35. The highest BCUT2D eigenvalue weighted by atomic mass is 16.5. The van der Waals surface area contributed by atoms with Gasteiger partial charge in [-0.15, -0.1) is 0 Å². The van der Waals surface area contributed by atoms with Crippen LogP contribution in [0, 0.1) is 0 Å². The molecule has 0 bridgehead atoms. The zero-order valence-corrected chi connectivity index (χ0v) is 14.6. The van der Waals surface area contributed by atoms with Crippen molar-refractivity contribution in [2.45, 2.75) is 12.8 Å². The van der Waals surface area contributed by atoms with Gasteiger partial charge in [-0.2, -0.15) is 0 Å². The van der Waals surface area contributed by atoms with Crippen molar-refractivity contribution in [3.05, 3.63) is 65.2 Å². The Hall–Kier alpha value is -3.21. The van der Waals surface area contributed by atoms with Gasteiger partial charge in [-0.05, 0) is 41.8 Å². The quantitative estimate of drug-likeness (QED) is 0.589. The number of allylic oxidation sites excluding steroid dienone is 2. The molecule has 1 aliphatic carbocycles. The number of ether oxygens (including phenoxy) is 2. The van der Waals surface area contributed by atoms with Crippen molar-refractivity contribution in [2.24, 2.45) is 0 Å². The van der Waals surface area contributed by atoms with Crippen LogP contribution in [-0.4, -0.2) is 31.6 Å². The normalized spacial score (nSPS) is 13.1. The summed E-state index contributed by atoms with van der Waals surface area (Å²) < 4.78 is 10.4. The van der Waals surface area contributed by atoms with E-state index in [-0.39, 0.29) is 12.2 Å². The number of benzene rings is 2. The summed E-state index contributed by atoms with van der Waals surface area (Å²) in [5, 5.41) is 0. The van der Waals surface area contributed by atoms with E-state index in [4.69, 9.17) is 9.47 Å². The third-order valence-electron chi connectivity index (χ3n) is 4.37. The number of carbonyl (C=O) groups is 3. The van der Waals surface area contributed by atoms with E-state index in [1.165, 1.54) is 20.3 Å². The number of ketones is 3. The Morgan fingerprint density at radius 3 is 2.31 bits per heavy atom. The molecule has 0 saturated heterocycles. The van der Waals surface area contributed by atoms with Crippen LogP contribution in [0.2, 0.25) is 0 Å². The van der Waals surface area contributed by atoms with Gasteiger partial charge >= 0.3 is 0 Å². The number of hydrogen-bond acceptors (Lipinski definition) is 5. The average Bonchev–Trinajstić information content (AvgIpc) is 2.68. The summed E-state index contributed by atoms with van der Waals surface area (Å²) in [7, 11) is 3.04. The molecule has 5 heteroatoms. The highest BCUT2D eigenvalue weighted by Gasteiger charge is 2.25. The van der Waals surface area contributed by atoms with E-state index in [2.05, 4.69) is 0 Å². The highest BCUT2D eigenvalue weighted by Crippen LogP contribution is 2.31. The van der Waals surface area contributed by atoms with Crippen LogP contribution >= 0.6 is 0 Å². The van der Waals surface area contributed by atoms with E-state index < -0.39 is 11.6 Å². The molecule has 1 aliphatic rings. The maximum Gasteiger partial charge on any atom is 0.233 e. The van der Waals surface area contributed by atoms with E-state index in [0.29, 0.717) is 34.6 Å². The number of Topliss-reactive ketones (excluding diaryl/α,β-unsaturated/α-hetero) is 2. The molecule has 26 heavy (non-hydrogen) atoms. The van der Waals surface area contributed by atoms with Crippen LogP contribution in [0.4, 0.5) is 0 Å². The zero-order chi connectivity index (χ0) is 18.7. The summed E-state index contributed by atoms with van der Waals surface area (Å²) in [4.78, 5) is 36.4. The summed E-state index contributed by atoms with van der Waals surface area (Å²) in [6.45, 7) is 0. The second-order valence-corrected chi connectivity index (χ2v) is 5.90. The van der Waals surface area contributed by atoms with Crippen molar-refractivity contribution in [2.75, 3.05) is 14.2 Å². The molecule has 0 unspecified atom stereocenters. The molecule has 0 radical (unpaired) electrons. The van der Waals surface area contributed by atoms with Gasteiger partial charge in [-0.1, -0.05) is 24.3 Å². The fourth-order valence-electron chi connectivity index (χ4n) is 3.00. The SMILES string of the molecule is COc1ccc(C(=O)CCC2=CC(=O)C(=O)c3ccccc32)cc1OC. The van der Waals surface area contributed by atoms with Crippen LogP contribution in [0.15, 0.2) is 48.5 Å². The van der Waals surface area contributed by atoms with Crippen molar-refractivity contribution >= 4 is 22.9 Å². The molecule has 0 N–H and O–H groups in total. The fraction of sp³-hybridized carbons (Fsp3) is 0.190. The second-order valence-electron chi connectivity index (χ2n) is 5.90. The first-order valence-corrected chi connectivity index (χ1v) is 8.19. The largest absolute Gasteiger partial charge is 0.493 e. The van der Waals surface area contributed by atoms with Gasteiger partial charge in [0.05, 0.1) is 14.2 Å². The monoisotopic (exact) mass is 350 g/mol. The summed E-state index contributed by atoms with van der Waals surface area (Å²) in [6, 6.07) is 12.0. The van der Waals surface area contributed by atoms with Crippen molar-refractivity contribution < 1.29 is 23.9 Å². The summed E-state index contributed by atoms with van der Waals surface area (Å²) in [5.74, 6) is -0.0834. The lowest BCUT2D eigenvalue weighted by Gasteiger charge is -2.16. The van der Waals surface area contributed by atoms with Crippen molar-refractivity contribution in [1.82, 2.24) is 0 Å². The summed E-state index contributed by atoms with van der Waals surface area (Å²) >= 11 is 0. The van der Waals surface area contributed by atoms with Crippen molar-refractivity contribution in [3.63, 3.8) is 0 Å². The highest BCUT2D eigenvalue weighted by molar-refractivity contribution is 6.50. The maximum absolute atomic E-state index is 12.5. The number of methoxy groups -OCH3 is 2. The van der Waals surface area contributed by atoms with Crippen LogP contribution < -0.4 is 9.47 Å². The molecule has 0 aromatic heterocycles. The number of rotatable bonds is 6. The lowest BCUT2D eigenvalue weighted by atomic mass is 9.86. The van der Waals surface area contributed by atoms with E-state index in [1.807, 2.05) is 6.07 Å². The van der Waals surface area contributed by atoms with Gasteiger partial charge in [-0.3, -0.25) is 14.4 Å². The maximum atomic E-state index is 12.5. The lowest BCUT2D eigenvalue weighted by molar-refractivity contribution is -0.111. The topological polar surface area (TPSA) is 69.7 Å². The number of fused-ring (bicyclic) bond motifs is 1. The molecular formula is C21H18O5. The molecule has 0 atom stereocenters. The molecule has 2 aromatic rings. The van der Waals surface area contributed by atoms with E-state index in [1.54, 1.807) is 36.4 Å². The Labute approximate surface area is 151 Å². The zero-order valence-electron chi connectivity index (χ0n) is 14.6. The number of hydrogen-bond donors (Lipinski definition) is 0. The third kappa shape index (κ3) is 3.28. The molecule has 0 heterocycles. The van der Waals surface area contributed by atoms with Gasteiger partial charge in [0.1, 0.15) is 0 Å². The minimum Gasteiger partial charge on any atom is -0.493 e. The Bertz CT molecular complexity index is 924. The minimum atomic E-state index is -0.544. The molecule has 5 nitrogen and oxygen atoms in total. The Kier molecular flexibility index (Phi) is 4.98. The molecule has 0 amide bonds. The summed E-state index contributed by atoms with van der Waals surface area (Å²) in [5.41, 5.74) is 2.33. The smallest absolute Gasteiger partial charge is 0.233 e. The first-order chi connectivity index (χ1) is 12.5. The molecule has 0 spiro atoms. The van der Waals surface area contributed by atoms with Gasteiger partial charge < -0.3 is 9.47 Å². The van der Waals surface area contributed by atoms with E-state index in [9.17, 15) is 14.4 Å². The molecule has 0 fully saturated rings. The number of carbonyl (C=O) groups excluding carboxylic acids is 3. The van der Waals surface area contributed by atoms with E-state index in [0.717, 1.165) is 5.56 Å². The van der Waals surface area contributed by atoms with Crippen LogP contribution in [0.25, 0.3) is 5.57 Å². The standard InChI is InChI=1S/C21H18O5/c1-25-19-10-8-14(12-20(19)26-2)17(22)9-7-13-11-18(23)21(24)16-6-4-3-5-15(13)16/h3-6,8,10-12H,7,9H2,1-2H3. The minimum absolute atomic E-state index is 0.0753. The molecule has 0 saturated carbocycles. The van der Waals surface area contributed by atoms with Crippen LogP contribution in [0.3, 0.4) is 0 Å². The molecule has 2 aromatic carbocycles. The van der Waals surface area contributed by atoms with Crippen LogP contribution in [0.1, 0.15) is 39.1 Å². The van der Waals surface area contributed by atoms with Gasteiger partial charge in [0, 0.05) is 17.5 Å². The van der Waals surface area contributed by atoms with Crippen LogP contribution in [0.5, 0.6) is 11.5 Å². The van der Waals surface area contributed by atoms with Crippen molar-refractivity contribution in [1.29, 1.82) is 0 Å². The Morgan fingerprint density at radius 2 is 1.62 bits per heavy atom. The molecule has 3 rings (SSSR count). The predicted octanol–water partition coefficient (Wildman–Crippen LogP) is 3.52. The predicted molar refractivity (Wildman–Crippen MR) is 96.9 cm³/mol. The first-order valence-electron chi connectivity index (χ1n) is 8.19. The van der Waals surface area contributed by atoms with Gasteiger partial charge in [-0.25, -0.2) is 0 Å². The van der Waals surface area contributed by atoms with Crippen molar-refractivity contribution in [3.8, 4) is 11.5 Å². The van der Waals surface area contributed by atoms with Crippen LogP contribution in [-0.2, 0) is 4.79 Å². The molecule has 0 aliphatic heterocycles. The Morgan fingerprint density at radius 1 is 0.923 bits per heavy atom. The van der Waals surface area contributed by atoms with Gasteiger partial charge in [0.15, 0.2) is 17.3 Å². The van der Waals surface area contributed by atoms with Gasteiger partial charge in [0.25, 0.3) is 0 Å². The Balaban J connectivity index is 1.79.